The first kappa shape index (κ1) is 15.4. The van der Waals surface area contributed by atoms with Crippen molar-refractivity contribution in [2.45, 2.75) is 26.6 Å². The molecule has 0 radical (unpaired) electrons. The molecule has 0 spiro atoms. The van der Waals surface area contributed by atoms with E-state index < -0.39 is 0 Å². The zero-order chi connectivity index (χ0) is 16.1. The van der Waals surface area contributed by atoms with E-state index in [1.807, 2.05) is 16.9 Å². The standard InChI is InChI=1S/C18H21N5/c1-15-5-3-6-16(9-15)12-23-18(20-14-21-23)13-22(2)11-17-7-4-8-19-10-17/h3-10,14H,11-13H2,1-2H3. The fraction of sp³-hybridized carbons (Fsp3) is 0.278. The SMILES string of the molecule is Cc1cccc(Cn2ncnc2CN(C)Cc2cccnc2)c1. The van der Waals surface area contributed by atoms with E-state index >= 15 is 0 Å². The molecule has 0 bridgehead atoms. The number of rotatable bonds is 6. The summed E-state index contributed by atoms with van der Waals surface area (Å²) in [6.07, 6.45) is 5.32. The van der Waals surface area contributed by atoms with E-state index in [1.54, 1.807) is 12.5 Å². The summed E-state index contributed by atoms with van der Waals surface area (Å²) in [6.45, 7) is 4.44. The van der Waals surface area contributed by atoms with Gasteiger partial charge in [0.25, 0.3) is 0 Å². The molecule has 2 heterocycles. The number of aryl methyl sites for hydroxylation is 1. The number of aromatic nitrogens is 4. The van der Waals surface area contributed by atoms with Crippen molar-refractivity contribution in [1.29, 1.82) is 0 Å². The summed E-state index contributed by atoms with van der Waals surface area (Å²) in [5.74, 6) is 0.970. The van der Waals surface area contributed by atoms with Crippen LogP contribution in [0.25, 0.3) is 0 Å². The number of hydrogen-bond acceptors (Lipinski definition) is 4. The summed E-state index contributed by atoms with van der Waals surface area (Å²) in [5.41, 5.74) is 3.70. The number of pyridine rings is 1. The molecule has 2 aromatic heterocycles. The quantitative estimate of drug-likeness (QED) is 0.702. The van der Waals surface area contributed by atoms with Gasteiger partial charge in [-0.1, -0.05) is 35.9 Å². The molecule has 23 heavy (non-hydrogen) atoms. The second kappa shape index (κ2) is 7.15. The maximum Gasteiger partial charge on any atom is 0.141 e. The van der Waals surface area contributed by atoms with Crippen molar-refractivity contribution in [2.24, 2.45) is 0 Å². The molecular weight excluding hydrogens is 286 g/mol. The predicted octanol–water partition coefficient (Wildman–Crippen LogP) is 2.66. The van der Waals surface area contributed by atoms with Gasteiger partial charge in [0.2, 0.25) is 0 Å². The van der Waals surface area contributed by atoms with Gasteiger partial charge in [0.05, 0.1) is 13.1 Å². The monoisotopic (exact) mass is 307 g/mol. The summed E-state index contributed by atoms with van der Waals surface area (Å²) in [7, 11) is 2.08. The van der Waals surface area contributed by atoms with Crippen LogP contribution in [0.15, 0.2) is 55.1 Å². The lowest BCUT2D eigenvalue weighted by atomic mass is 10.1. The molecule has 0 unspecified atom stereocenters. The average molecular weight is 307 g/mol. The Morgan fingerprint density at radius 3 is 2.74 bits per heavy atom. The van der Waals surface area contributed by atoms with Gasteiger partial charge in [0.1, 0.15) is 12.2 Å². The molecule has 1 aromatic carbocycles. The first-order valence-corrected chi connectivity index (χ1v) is 7.70. The maximum absolute atomic E-state index is 4.41. The Hall–Kier alpha value is -2.53. The minimum atomic E-state index is 0.748. The van der Waals surface area contributed by atoms with Gasteiger partial charge in [-0.2, -0.15) is 5.10 Å². The van der Waals surface area contributed by atoms with Crippen molar-refractivity contribution in [3.05, 3.63) is 77.6 Å². The highest BCUT2D eigenvalue weighted by molar-refractivity contribution is 5.22. The van der Waals surface area contributed by atoms with Crippen LogP contribution < -0.4 is 0 Å². The third kappa shape index (κ3) is 4.23. The molecule has 0 saturated heterocycles. The van der Waals surface area contributed by atoms with Crippen LogP contribution in [-0.4, -0.2) is 31.7 Å². The molecule has 0 fully saturated rings. The lowest BCUT2D eigenvalue weighted by molar-refractivity contribution is 0.303. The Morgan fingerprint density at radius 2 is 1.96 bits per heavy atom. The molecule has 0 atom stereocenters. The minimum absolute atomic E-state index is 0.748. The number of hydrogen-bond donors (Lipinski definition) is 0. The Labute approximate surface area is 136 Å². The normalized spacial score (nSPS) is 11.1. The van der Waals surface area contributed by atoms with Gasteiger partial charge < -0.3 is 0 Å². The van der Waals surface area contributed by atoms with E-state index in [0.717, 1.165) is 25.5 Å². The molecule has 0 saturated carbocycles. The van der Waals surface area contributed by atoms with Gasteiger partial charge in [-0.25, -0.2) is 9.67 Å². The van der Waals surface area contributed by atoms with Gasteiger partial charge in [0, 0.05) is 18.9 Å². The highest BCUT2D eigenvalue weighted by Gasteiger charge is 2.09. The first-order chi connectivity index (χ1) is 11.2. The summed E-state index contributed by atoms with van der Waals surface area (Å²) in [5, 5.41) is 4.37. The molecular formula is C18H21N5. The van der Waals surface area contributed by atoms with Gasteiger partial charge in [0.15, 0.2) is 0 Å². The van der Waals surface area contributed by atoms with Crippen molar-refractivity contribution >= 4 is 0 Å². The van der Waals surface area contributed by atoms with E-state index in [2.05, 4.69) is 64.3 Å². The van der Waals surface area contributed by atoms with Crippen LogP contribution in [0, 0.1) is 6.92 Å². The first-order valence-electron chi connectivity index (χ1n) is 7.70. The number of benzene rings is 1. The van der Waals surface area contributed by atoms with Gasteiger partial charge >= 0.3 is 0 Å². The Bertz CT molecular complexity index is 751. The van der Waals surface area contributed by atoms with Crippen LogP contribution >= 0.6 is 0 Å². The lowest BCUT2D eigenvalue weighted by Crippen LogP contribution is -2.21. The van der Waals surface area contributed by atoms with Crippen molar-refractivity contribution in [3.8, 4) is 0 Å². The van der Waals surface area contributed by atoms with Crippen LogP contribution in [0.4, 0.5) is 0 Å². The second-order valence-corrected chi connectivity index (χ2v) is 5.86. The summed E-state index contributed by atoms with van der Waals surface area (Å²) in [4.78, 5) is 10.8. The number of nitrogens with zero attached hydrogens (tertiary/aromatic N) is 5. The lowest BCUT2D eigenvalue weighted by Gasteiger charge is -2.16. The van der Waals surface area contributed by atoms with Gasteiger partial charge in [-0.05, 0) is 31.2 Å². The molecule has 0 amide bonds. The van der Waals surface area contributed by atoms with Crippen molar-refractivity contribution in [1.82, 2.24) is 24.6 Å². The smallest absolute Gasteiger partial charge is 0.141 e. The van der Waals surface area contributed by atoms with Crippen molar-refractivity contribution in [3.63, 3.8) is 0 Å². The third-order valence-electron chi connectivity index (χ3n) is 3.70. The van der Waals surface area contributed by atoms with E-state index in [0.29, 0.717) is 0 Å². The average Bonchev–Trinajstić information content (AvgIpc) is 2.95. The summed E-state index contributed by atoms with van der Waals surface area (Å²) in [6, 6.07) is 12.5. The van der Waals surface area contributed by atoms with E-state index in [4.69, 9.17) is 0 Å². The Balaban J connectivity index is 1.66. The van der Waals surface area contributed by atoms with Crippen LogP contribution in [0.1, 0.15) is 22.5 Å². The Kier molecular flexibility index (Phi) is 4.78. The fourth-order valence-corrected chi connectivity index (χ4v) is 2.63. The zero-order valence-corrected chi connectivity index (χ0v) is 13.6. The maximum atomic E-state index is 4.41. The van der Waals surface area contributed by atoms with Crippen LogP contribution in [0.3, 0.4) is 0 Å². The second-order valence-electron chi connectivity index (χ2n) is 5.86. The molecule has 118 valence electrons. The van der Waals surface area contributed by atoms with Crippen molar-refractivity contribution in [2.75, 3.05) is 7.05 Å². The van der Waals surface area contributed by atoms with Gasteiger partial charge in [-0.15, -0.1) is 0 Å². The summed E-state index contributed by atoms with van der Waals surface area (Å²) < 4.78 is 1.97. The zero-order valence-electron chi connectivity index (χ0n) is 13.6. The van der Waals surface area contributed by atoms with Crippen LogP contribution in [0.2, 0.25) is 0 Å². The van der Waals surface area contributed by atoms with E-state index in [9.17, 15) is 0 Å². The predicted molar refractivity (Wildman–Crippen MR) is 89.7 cm³/mol. The van der Waals surface area contributed by atoms with Crippen molar-refractivity contribution < 1.29 is 0 Å². The van der Waals surface area contributed by atoms with E-state index in [-0.39, 0.29) is 0 Å². The molecule has 0 aliphatic heterocycles. The fourth-order valence-electron chi connectivity index (χ4n) is 2.63. The molecule has 5 nitrogen and oxygen atoms in total. The van der Waals surface area contributed by atoms with Gasteiger partial charge in [-0.3, -0.25) is 9.88 Å². The highest BCUT2D eigenvalue weighted by Crippen LogP contribution is 2.09. The Morgan fingerprint density at radius 1 is 1.09 bits per heavy atom. The third-order valence-corrected chi connectivity index (χ3v) is 3.70. The molecule has 0 aliphatic carbocycles. The minimum Gasteiger partial charge on any atom is -0.295 e. The highest BCUT2D eigenvalue weighted by atomic mass is 15.3. The van der Waals surface area contributed by atoms with Crippen LogP contribution in [-0.2, 0) is 19.6 Å². The molecule has 0 aliphatic rings. The van der Waals surface area contributed by atoms with Crippen LogP contribution in [0.5, 0.6) is 0 Å². The molecule has 3 aromatic rings. The summed E-state index contributed by atoms with van der Waals surface area (Å²) >= 11 is 0. The largest absolute Gasteiger partial charge is 0.295 e. The molecule has 5 heteroatoms. The van der Waals surface area contributed by atoms with E-state index in [1.165, 1.54) is 16.7 Å². The molecule has 0 N–H and O–H groups in total. The molecule has 3 rings (SSSR count). The topological polar surface area (TPSA) is 46.8 Å².